The van der Waals surface area contributed by atoms with E-state index in [0.717, 1.165) is 11.3 Å². The second kappa shape index (κ2) is 8.37. The van der Waals surface area contributed by atoms with Crippen molar-refractivity contribution in [1.29, 1.82) is 0 Å². The molecule has 0 spiro atoms. The average Bonchev–Trinajstić information content (AvgIpc) is 3.65. The molecule has 1 amide bonds. The molecule has 0 saturated carbocycles. The van der Waals surface area contributed by atoms with Crippen LogP contribution in [0.2, 0.25) is 0 Å². The van der Waals surface area contributed by atoms with Gasteiger partial charge in [-0.3, -0.25) is 14.6 Å². The minimum atomic E-state index is -0.642. The van der Waals surface area contributed by atoms with Crippen LogP contribution in [0, 0.1) is 6.92 Å². The number of carbonyl (C=O) groups is 2. The summed E-state index contributed by atoms with van der Waals surface area (Å²) in [7, 11) is 1.49. The number of carbonyl (C=O) groups excluding carboxylic acids is 2. The van der Waals surface area contributed by atoms with Gasteiger partial charge in [0.1, 0.15) is 17.9 Å². The van der Waals surface area contributed by atoms with Gasteiger partial charge in [-0.05, 0) is 6.92 Å². The van der Waals surface area contributed by atoms with Crippen molar-refractivity contribution in [1.82, 2.24) is 49.4 Å². The molecule has 13 heteroatoms. The zero-order chi connectivity index (χ0) is 24.8. The number of Topliss-reactive ketones (excluding diaryl/α,β-unsaturated/α-hetero) is 1. The van der Waals surface area contributed by atoms with E-state index in [4.69, 9.17) is 4.74 Å². The molecule has 1 N–H and O–H groups in total. The maximum absolute atomic E-state index is 13.4. The molecule has 180 valence electrons. The quantitative estimate of drug-likeness (QED) is 0.287. The first kappa shape index (κ1) is 21.6. The molecule has 36 heavy (non-hydrogen) atoms. The molecular weight excluding hydrogens is 464 g/mol. The first-order valence-electron chi connectivity index (χ1n) is 11.1. The Labute approximate surface area is 203 Å². The number of hydrogen-bond acceptors (Lipinski definition) is 9. The van der Waals surface area contributed by atoms with Gasteiger partial charge >= 0.3 is 0 Å². The molecule has 0 fully saturated rings. The fraction of sp³-hybridized carbons (Fsp3) is 0.217. The number of ketones is 1. The number of fused-ring (bicyclic) bond motifs is 2. The van der Waals surface area contributed by atoms with Crippen molar-refractivity contribution < 1.29 is 14.3 Å². The summed E-state index contributed by atoms with van der Waals surface area (Å²) in [5.74, 6) is 0.742. The Morgan fingerprint density at radius 2 is 2.00 bits per heavy atom. The Balaban J connectivity index is 1.31. The van der Waals surface area contributed by atoms with Crippen LogP contribution in [0.15, 0.2) is 43.5 Å². The van der Waals surface area contributed by atoms with Crippen LogP contribution in [-0.4, -0.2) is 74.7 Å². The summed E-state index contributed by atoms with van der Waals surface area (Å²) < 4.78 is 8.69. The fourth-order valence-corrected chi connectivity index (χ4v) is 4.42. The maximum Gasteiger partial charge on any atom is 0.295 e. The highest BCUT2D eigenvalue weighted by molar-refractivity contribution is 6.45. The van der Waals surface area contributed by atoms with Crippen LogP contribution < -0.4 is 4.74 Å². The number of amides is 1. The fourth-order valence-electron chi connectivity index (χ4n) is 4.42. The SMILES string of the molecule is COc1cnc(-n2cnc(C)n2)c2[nH]cc(C(=O)C(=O)N3CCc4c(cnn4-c4cnccn4)C3)c12. The zero-order valence-electron chi connectivity index (χ0n) is 19.4. The number of hydrogen-bond donors (Lipinski definition) is 1. The molecule has 0 radical (unpaired) electrons. The van der Waals surface area contributed by atoms with Gasteiger partial charge in [0.2, 0.25) is 0 Å². The van der Waals surface area contributed by atoms with E-state index in [0.29, 0.717) is 47.1 Å². The third-order valence-corrected chi connectivity index (χ3v) is 6.13. The number of pyridine rings is 1. The number of aromatic amines is 1. The summed E-state index contributed by atoms with van der Waals surface area (Å²) in [5, 5.41) is 9.17. The topological polar surface area (TPSA) is 150 Å². The lowest BCUT2D eigenvalue weighted by Crippen LogP contribution is -2.40. The molecular formula is C23H20N10O3. The molecule has 5 aromatic rings. The molecule has 1 aliphatic rings. The highest BCUT2D eigenvalue weighted by Crippen LogP contribution is 2.32. The van der Waals surface area contributed by atoms with E-state index >= 15 is 0 Å². The van der Waals surface area contributed by atoms with Gasteiger partial charge in [-0.2, -0.15) is 10.2 Å². The molecule has 0 atom stereocenters. The van der Waals surface area contributed by atoms with Gasteiger partial charge < -0.3 is 14.6 Å². The van der Waals surface area contributed by atoms with Crippen LogP contribution in [0.3, 0.4) is 0 Å². The monoisotopic (exact) mass is 484 g/mol. The summed E-state index contributed by atoms with van der Waals surface area (Å²) in [6.45, 7) is 2.40. The molecule has 1 aliphatic heterocycles. The van der Waals surface area contributed by atoms with Gasteiger partial charge in [-0.25, -0.2) is 24.3 Å². The Bertz CT molecular complexity index is 1620. The summed E-state index contributed by atoms with van der Waals surface area (Å²) in [6, 6.07) is 0. The van der Waals surface area contributed by atoms with E-state index in [9.17, 15) is 9.59 Å². The zero-order valence-corrected chi connectivity index (χ0v) is 19.4. The number of ether oxygens (including phenoxy) is 1. The molecule has 0 bridgehead atoms. The summed E-state index contributed by atoms with van der Waals surface area (Å²) >= 11 is 0. The number of rotatable bonds is 5. The summed E-state index contributed by atoms with van der Waals surface area (Å²) in [4.78, 5) is 48.2. The van der Waals surface area contributed by atoms with Gasteiger partial charge in [0.15, 0.2) is 11.6 Å². The van der Waals surface area contributed by atoms with Crippen molar-refractivity contribution in [2.75, 3.05) is 13.7 Å². The summed E-state index contributed by atoms with van der Waals surface area (Å²) in [6.07, 6.45) is 11.6. The van der Waals surface area contributed by atoms with Gasteiger partial charge in [-0.1, -0.05) is 0 Å². The second-order valence-corrected chi connectivity index (χ2v) is 8.24. The van der Waals surface area contributed by atoms with Crippen molar-refractivity contribution in [3.8, 4) is 17.4 Å². The largest absolute Gasteiger partial charge is 0.494 e. The molecule has 6 rings (SSSR count). The molecule has 13 nitrogen and oxygen atoms in total. The molecule has 0 unspecified atom stereocenters. The van der Waals surface area contributed by atoms with E-state index in [2.05, 4.69) is 35.1 Å². The molecule has 0 aromatic carbocycles. The highest BCUT2D eigenvalue weighted by atomic mass is 16.5. The Hall–Kier alpha value is -4.94. The minimum Gasteiger partial charge on any atom is -0.494 e. The average molecular weight is 484 g/mol. The van der Waals surface area contributed by atoms with E-state index < -0.39 is 11.7 Å². The van der Waals surface area contributed by atoms with Crippen molar-refractivity contribution in [2.45, 2.75) is 19.9 Å². The predicted octanol–water partition coefficient (Wildman–Crippen LogP) is 1.20. The number of nitrogens with zero attached hydrogens (tertiary/aromatic N) is 9. The van der Waals surface area contributed by atoms with Crippen molar-refractivity contribution in [3.63, 3.8) is 0 Å². The maximum atomic E-state index is 13.4. The first-order chi connectivity index (χ1) is 17.5. The number of nitrogens with one attached hydrogen (secondary N) is 1. The van der Waals surface area contributed by atoms with Crippen LogP contribution in [0.5, 0.6) is 5.75 Å². The van der Waals surface area contributed by atoms with Gasteiger partial charge in [0.05, 0.1) is 47.9 Å². The van der Waals surface area contributed by atoms with E-state index in [1.54, 1.807) is 36.4 Å². The van der Waals surface area contributed by atoms with Crippen LogP contribution >= 0.6 is 0 Å². The van der Waals surface area contributed by atoms with Gasteiger partial charge in [0.25, 0.3) is 11.7 Å². The van der Waals surface area contributed by atoms with Crippen LogP contribution in [0.4, 0.5) is 0 Å². The third kappa shape index (κ3) is 3.40. The Kier molecular flexibility index (Phi) is 5.02. The molecule has 6 heterocycles. The number of aromatic nitrogens is 9. The van der Waals surface area contributed by atoms with E-state index in [1.165, 1.54) is 35.4 Å². The van der Waals surface area contributed by atoms with E-state index in [-0.39, 0.29) is 12.1 Å². The van der Waals surface area contributed by atoms with E-state index in [1.807, 2.05) is 0 Å². The normalized spacial score (nSPS) is 13.1. The lowest BCUT2D eigenvalue weighted by Gasteiger charge is -2.26. The number of H-pyrrole nitrogens is 1. The lowest BCUT2D eigenvalue weighted by molar-refractivity contribution is -0.127. The molecule has 0 aliphatic carbocycles. The third-order valence-electron chi connectivity index (χ3n) is 6.13. The highest BCUT2D eigenvalue weighted by Gasteiger charge is 2.31. The van der Waals surface area contributed by atoms with Crippen molar-refractivity contribution in [2.24, 2.45) is 0 Å². The number of methoxy groups -OCH3 is 1. The number of aryl methyl sites for hydroxylation is 1. The smallest absolute Gasteiger partial charge is 0.295 e. The molecule has 5 aromatic heterocycles. The van der Waals surface area contributed by atoms with Crippen LogP contribution in [0.1, 0.15) is 27.4 Å². The predicted molar refractivity (Wildman–Crippen MR) is 125 cm³/mol. The Morgan fingerprint density at radius 1 is 1.11 bits per heavy atom. The first-order valence-corrected chi connectivity index (χ1v) is 11.1. The van der Waals surface area contributed by atoms with Gasteiger partial charge in [0, 0.05) is 43.7 Å². The standard InChI is InChI=1S/C23H20N10O3/c1-13-28-12-32(30-13)22-20-19(17(36-2)9-27-22)15(8-26-20)21(34)23(35)31-6-3-16-14(11-31)7-29-33(16)18-10-24-4-5-25-18/h4-5,7-10,12,26H,3,6,11H2,1-2H3. The van der Waals surface area contributed by atoms with Crippen molar-refractivity contribution >= 4 is 22.6 Å². The Morgan fingerprint density at radius 3 is 2.75 bits per heavy atom. The minimum absolute atomic E-state index is 0.202. The van der Waals surface area contributed by atoms with Crippen LogP contribution in [0.25, 0.3) is 22.5 Å². The summed E-state index contributed by atoms with van der Waals surface area (Å²) in [5.41, 5.74) is 2.52. The van der Waals surface area contributed by atoms with Crippen molar-refractivity contribution in [3.05, 3.63) is 66.2 Å². The molecule has 0 saturated heterocycles. The lowest BCUT2D eigenvalue weighted by atomic mass is 10.0. The second-order valence-electron chi connectivity index (χ2n) is 8.24. The van der Waals surface area contributed by atoms with Crippen LogP contribution in [-0.2, 0) is 17.8 Å². The van der Waals surface area contributed by atoms with Gasteiger partial charge in [-0.15, -0.1) is 0 Å².